The molecule has 27 heavy (non-hydrogen) atoms. The fourth-order valence-corrected chi connectivity index (χ4v) is 4.46. The summed E-state index contributed by atoms with van der Waals surface area (Å²) in [6.07, 6.45) is 1.77. The van der Waals surface area contributed by atoms with Crippen molar-refractivity contribution >= 4 is 27.2 Å². The van der Waals surface area contributed by atoms with Crippen molar-refractivity contribution in [3.63, 3.8) is 0 Å². The van der Waals surface area contributed by atoms with Crippen molar-refractivity contribution in [3.05, 3.63) is 36.3 Å². The Morgan fingerprint density at radius 3 is 2.59 bits per heavy atom. The minimum atomic E-state index is -3.00. The first kappa shape index (κ1) is 18.9. The molecule has 0 radical (unpaired) electrons. The first-order valence-electron chi connectivity index (χ1n) is 8.22. The summed E-state index contributed by atoms with van der Waals surface area (Å²) in [6.45, 7) is 0. The second-order valence-electron chi connectivity index (χ2n) is 6.06. The fraction of sp³-hybridized carbons (Fsp3) is 0.353. The molecule has 1 atom stereocenters. The van der Waals surface area contributed by atoms with E-state index >= 15 is 0 Å². The van der Waals surface area contributed by atoms with Gasteiger partial charge in [-0.2, -0.15) is 0 Å². The topological polar surface area (TPSA) is 120 Å². The number of ether oxygens (including phenoxy) is 2. The maximum Gasteiger partial charge on any atom is 0.274 e. The summed E-state index contributed by atoms with van der Waals surface area (Å²) in [7, 11) is 0.0354. The van der Waals surface area contributed by atoms with Gasteiger partial charge in [-0.1, -0.05) is 0 Å². The number of carbonyl (C=O) groups excluding carboxylic acids is 1. The monoisotopic (exact) mass is 392 g/mol. The molecule has 1 aliphatic heterocycles. The first-order chi connectivity index (χ1) is 12.9. The van der Waals surface area contributed by atoms with Crippen LogP contribution < -0.4 is 20.1 Å². The molecule has 2 N–H and O–H groups in total. The predicted octanol–water partition coefficient (Wildman–Crippen LogP) is 1.35. The zero-order valence-electron chi connectivity index (χ0n) is 14.9. The molecule has 0 aliphatic carbocycles. The van der Waals surface area contributed by atoms with Crippen molar-refractivity contribution in [1.29, 1.82) is 0 Å². The van der Waals surface area contributed by atoms with Crippen LogP contribution in [0.3, 0.4) is 0 Å². The van der Waals surface area contributed by atoms with Gasteiger partial charge in [0.2, 0.25) is 0 Å². The zero-order chi connectivity index (χ0) is 19.4. The van der Waals surface area contributed by atoms with Crippen LogP contribution in [0, 0.1) is 0 Å². The van der Waals surface area contributed by atoms with Gasteiger partial charge < -0.3 is 20.1 Å². The number of aromatic nitrogens is 2. The Balaban J connectivity index is 1.70. The van der Waals surface area contributed by atoms with Crippen molar-refractivity contribution in [3.8, 4) is 11.5 Å². The highest BCUT2D eigenvalue weighted by Crippen LogP contribution is 2.29. The number of carbonyl (C=O) groups is 1. The van der Waals surface area contributed by atoms with E-state index in [1.165, 1.54) is 26.6 Å². The number of hydrogen-bond acceptors (Lipinski definition) is 8. The summed E-state index contributed by atoms with van der Waals surface area (Å²) < 4.78 is 33.5. The summed E-state index contributed by atoms with van der Waals surface area (Å²) >= 11 is 0. The zero-order valence-corrected chi connectivity index (χ0v) is 15.7. The highest BCUT2D eigenvalue weighted by Gasteiger charge is 2.28. The van der Waals surface area contributed by atoms with Crippen molar-refractivity contribution in [2.75, 3.05) is 36.4 Å². The van der Waals surface area contributed by atoms with E-state index in [2.05, 4.69) is 20.6 Å². The number of sulfone groups is 1. The van der Waals surface area contributed by atoms with E-state index in [1.54, 1.807) is 18.2 Å². The third-order valence-corrected chi connectivity index (χ3v) is 5.89. The van der Waals surface area contributed by atoms with Crippen LogP contribution >= 0.6 is 0 Å². The van der Waals surface area contributed by atoms with Crippen molar-refractivity contribution in [2.24, 2.45) is 0 Å². The molecule has 1 amide bonds. The van der Waals surface area contributed by atoms with Crippen molar-refractivity contribution < 1.29 is 22.7 Å². The van der Waals surface area contributed by atoms with Gasteiger partial charge in [0.05, 0.1) is 25.7 Å². The number of rotatable bonds is 6. The van der Waals surface area contributed by atoms with Crippen LogP contribution in [0.4, 0.5) is 11.5 Å². The summed E-state index contributed by atoms with van der Waals surface area (Å²) in [6, 6.07) is 6.28. The second-order valence-corrected chi connectivity index (χ2v) is 8.29. The third kappa shape index (κ3) is 4.64. The lowest BCUT2D eigenvalue weighted by molar-refractivity contribution is 0.102. The Morgan fingerprint density at radius 1 is 1.15 bits per heavy atom. The lowest BCUT2D eigenvalue weighted by Gasteiger charge is -2.12. The van der Waals surface area contributed by atoms with Crippen LogP contribution in [0.5, 0.6) is 11.5 Å². The van der Waals surface area contributed by atoms with E-state index in [-0.39, 0.29) is 23.2 Å². The Labute approximate surface area is 157 Å². The van der Waals surface area contributed by atoms with Crippen molar-refractivity contribution in [2.45, 2.75) is 12.5 Å². The molecule has 0 bridgehead atoms. The lowest BCUT2D eigenvalue weighted by atomic mass is 10.2. The van der Waals surface area contributed by atoms with E-state index in [1.807, 2.05) is 0 Å². The molecule has 1 unspecified atom stereocenters. The average molecular weight is 392 g/mol. The summed E-state index contributed by atoms with van der Waals surface area (Å²) in [4.78, 5) is 20.5. The van der Waals surface area contributed by atoms with Crippen LogP contribution in [0.2, 0.25) is 0 Å². The molecule has 2 aromatic rings. The number of benzene rings is 1. The van der Waals surface area contributed by atoms with Gasteiger partial charge >= 0.3 is 0 Å². The van der Waals surface area contributed by atoms with E-state index < -0.39 is 15.7 Å². The Hall–Kier alpha value is -2.88. The van der Waals surface area contributed by atoms with Crippen LogP contribution in [0.1, 0.15) is 16.9 Å². The summed E-state index contributed by atoms with van der Waals surface area (Å²) in [5.41, 5.74) is 0.677. The number of methoxy groups -OCH3 is 2. The molecule has 1 fully saturated rings. The van der Waals surface area contributed by atoms with Gasteiger partial charge in [-0.25, -0.2) is 18.4 Å². The Morgan fingerprint density at radius 2 is 1.93 bits per heavy atom. The average Bonchev–Trinajstić information content (AvgIpc) is 3.00. The van der Waals surface area contributed by atoms with Crippen LogP contribution in [-0.2, 0) is 9.84 Å². The van der Waals surface area contributed by atoms with E-state index in [0.29, 0.717) is 29.4 Å². The molecule has 1 aromatic heterocycles. The number of hydrogen-bond donors (Lipinski definition) is 2. The van der Waals surface area contributed by atoms with E-state index in [0.717, 1.165) is 0 Å². The minimum absolute atomic E-state index is 0.0597. The van der Waals surface area contributed by atoms with Crippen molar-refractivity contribution in [1.82, 2.24) is 9.97 Å². The maximum atomic E-state index is 12.5. The molecule has 0 saturated carbocycles. The van der Waals surface area contributed by atoms with Gasteiger partial charge in [-0.05, 0) is 18.6 Å². The van der Waals surface area contributed by atoms with Gasteiger partial charge in [0, 0.05) is 23.9 Å². The normalized spacial score (nSPS) is 17.9. The summed E-state index contributed by atoms with van der Waals surface area (Å²) in [5, 5.41) is 5.77. The standard InChI is InChI=1S/C17H20N4O5S/c1-25-14-4-3-11(7-15(14)26-2)21-17(22)13-8-16(19-10-18-13)20-12-5-6-27(23,24)9-12/h3-4,7-8,10,12H,5-6,9H2,1-2H3,(H,21,22)(H,18,19,20). The van der Waals surface area contributed by atoms with Gasteiger partial charge in [0.1, 0.15) is 17.8 Å². The first-order valence-corrected chi connectivity index (χ1v) is 10.0. The highest BCUT2D eigenvalue weighted by atomic mass is 32.2. The molecule has 1 aliphatic rings. The quantitative estimate of drug-likeness (QED) is 0.756. The fourth-order valence-electron chi connectivity index (χ4n) is 2.79. The molecule has 3 rings (SSSR count). The van der Waals surface area contributed by atoms with Gasteiger partial charge in [-0.15, -0.1) is 0 Å². The van der Waals surface area contributed by atoms with Crippen LogP contribution in [0.25, 0.3) is 0 Å². The highest BCUT2D eigenvalue weighted by molar-refractivity contribution is 7.91. The van der Waals surface area contributed by atoms with Crippen LogP contribution in [-0.4, -0.2) is 56.1 Å². The Kier molecular flexibility index (Phi) is 5.45. The van der Waals surface area contributed by atoms with Gasteiger partial charge in [0.25, 0.3) is 5.91 Å². The third-order valence-electron chi connectivity index (χ3n) is 4.13. The van der Waals surface area contributed by atoms with Crippen LogP contribution in [0.15, 0.2) is 30.6 Å². The summed E-state index contributed by atoms with van der Waals surface area (Å²) in [5.74, 6) is 1.24. The number of anilines is 2. The van der Waals surface area contributed by atoms with Gasteiger partial charge in [0.15, 0.2) is 21.3 Å². The molecule has 1 aromatic carbocycles. The number of nitrogens with zero attached hydrogens (tertiary/aromatic N) is 2. The minimum Gasteiger partial charge on any atom is -0.493 e. The largest absolute Gasteiger partial charge is 0.493 e. The van der Waals surface area contributed by atoms with E-state index in [4.69, 9.17) is 9.47 Å². The maximum absolute atomic E-state index is 12.5. The SMILES string of the molecule is COc1ccc(NC(=O)c2cc(NC3CCS(=O)(=O)C3)ncn2)cc1OC. The lowest BCUT2D eigenvalue weighted by Crippen LogP contribution is -2.22. The second kappa shape index (κ2) is 7.78. The molecular formula is C17H20N4O5S. The smallest absolute Gasteiger partial charge is 0.274 e. The van der Waals surface area contributed by atoms with Gasteiger partial charge in [-0.3, -0.25) is 4.79 Å². The Bertz CT molecular complexity index is 948. The molecule has 0 spiro atoms. The molecular weight excluding hydrogens is 372 g/mol. The molecule has 2 heterocycles. The molecule has 144 valence electrons. The predicted molar refractivity (Wildman–Crippen MR) is 100 cm³/mol. The van der Waals surface area contributed by atoms with E-state index in [9.17, 15) is 13.2 Å². The molecule has 9 nitrogen and oxygen atoms in total. The molecule has 10 heteroatoms. The number of amides is 1. The molecule has 1 saturated heterocycles. The number of nitrogens with one attached hydrogen (secondary N) is 2.